The first kappa shape index (κ1) is 38.8. The number of aromatic nitrogens is 4. The van der Waals surface area contributed by atoms with Crippen molar-refractivity contribution < 1.29 is 24.2 Å². The second-order valence-corrected chi connectivity index (χ2v) is 13.1. The summed E-state index contributed by atoms with van der Waals surface area (Å²) in [4.78, 5) is 33.5. The minimum Gasteiger partial charge on any atom is -0.356 e. The van der Waals surface area contributed by atoms with Crippen molar-refractivity contribution in [3.8, 4) is 0 Å². The number of carbonyl (C=O) groups is 3. The topological polar surface area (TPSA) is 152 Å². The lowest BCUT2D eigenvalue weighted by atomic mass is 10.0. The van der Waals surface area contributed by atoms with Gasteiger partial charge < -0.3 is 10.1 Å². The summed E-state index contributed by atoms with van der Waals surface area (Å²) in [6.45, 7) is 6.11. The molecule has 41 heavy (non-hydrogen) atoms. The first-order valence-corrected chi connectivity index (χ1v) is 17.7. The Hall–Kier alpha value is -2.17. The van der Waals surface area contributed by atoms with Crippen molar-refractivity contribution >= 4 is 27.3 Å². The number of Topliss-reactive ketones (excluding diaryl/α,β-unsaturated/α-hetero) is 2. The normalized spacial score (nSPS) is 11.1. The number of unbranched alkanes of at least 4 members (excludes halogenated alkanes) is 13. The fourth-order valence-electron chi connectivity index (χ4n) is 4.17. The highest BCUT2D eigenvalue weighted by molar-refractivity contribution is 7.92. The van der Waals surface area contributed by atoms with Crippen LogP contribution in [0, 0.1) is 0 Å². The lowest BCUT2D eigenvalue weighted by molar-refractivity contribution is -0.121. The number of tetrazole rings is 1. The zero-order chi connectivity index (χ0) is 30.6. The Morgan fingerprint density at radius 1 is 0.780 bits per heavy atom. The number of sulfone groups is 1. The van der Waals surface area contributed by atoms with Crippen LogP contribution in [0.2, 0.25) is 0 Å². The molecule has 0 aliphatic rings. The van der Waals surface area contributed by atoms with Crippen molar-refractivity contribution in [2.75, 3.05) is 18.1 Å². The first-order valence-electron chi connectivity index (χ1n) is 15.9. The number of aromatic amines is 1. The Kier molecular flexibility index (Phi) is 25.3. The van der Waals surface area contributed by atoms with Crippen LogP contribution in [0.4, 0.5) is 0 Å². The van der Waals surface area contributed by atoms with Gasteiger partial charge in [0.1, 0.15) is 17.3 Å². The predicted molar refractivity (Wildman–Crippen MR) is 166 cm³/mol. The molecule has 0 aromatic carbocycles. The summed E-state index contributed by atoms with van der Waals surface area (Å²) in [6, 6.07) is 0. The molecule has 1 aromatic heterocycles. The number of rotatable bonds is 26. The molecule has 11 heteroatoms. The Morgan fingerprint density at radius 2 is 1.32 bits per heavy atom. The molecule has 0 saturated heterocycles. The van der Waals surface area contributed by atoms with Gasteiger partial charge in [0.25, 0.3) is 0 Å². The van der Waals surface area contributed by atoms with Crippen molar-refractivity contribution in [1.29, 1.82) is 0 Å². The number of nitrogens with zero attached hydrogens (tertiary/aromatic N) is 3. The fourth-order valence-corrected chi connectivity index (χ4v) is 5.54. The molecule has 1 aromatic rings. The summed E-state index contributed by atoms with van der Waals surface area (Å²) in [5, 5.41) is 16.7. The van der Waals surface area contributed by atoms with Gasteiger partial charge in [-0.05, 0) is 32.6 Å². The smallest absolute Gasteiger partial charge is 0.220 e. The zero-order valence-corrected chi connectivity index (χ0v) is 26.9. The van der Waals surface area contributed by atoms with Gasteiger partial charge in [-0.2, -0.15) is 5.21 Å². The molecule has 1 heterocycles. The number of hydrogen-bond acceptors (Lipinski definition) is 8. The lowest BCUT2D eigenvalue weighted by Crippen LogP contribution is -2.25. The molecule has 1 amide bonds. The van der Waals surface area contributed by atoms with E-state index in [0.29, 0.717) is 19.4 Å². The van der Waals surface area contributed by atoms with Crippen molar-refractivity contribution in [2.45, 2.75) is 149 Å². The van der Waals surface area contributed by atoms with Crippen LogP contribution in [-0.4, -0.2) is 64.6 Å². The van der Waals surface area contributed by atoms with Crippen molar-refractivity contribution in [1.82, 2.24) is 25.9 Å². The average molecular weight is 602 g/mol. The Labute approximate surface area is 250 Å². The third-order valence-corrected chi connectivity index (χ3v) is 8.51. The molecule has 0 unspecified atom stereocenters. The largest absolute Gasteiger partial charge is 0.356 e. The number of ketones is 2. The Bertz CT molecular complexity index is 898. The number of hydrogen-bond donors (Lipinski definition) is 2. The van der Waals surface area contributed by atoms with Crippen molar-refractivity contribution in [3.63, 3.8) is 0 Å². The summed E-state index contributed by atoms with van der Waals surface area (Å²) in [5.74, 6) is 0.267. The Balaban J connectivity index is 0. The van der Waals surface area contributed by atoms with Gasteiger partial charge in [0.05, 0.1) is 5.75 Å². The summed E-state index contributed by atoms with van der Waals surface area (Å²) < 4.78 is 24.2. The van der Waals surface area contributed by atoms with Crippen molar-refractivity contribution in [3.05, 3.63) is 5.82 Å². The van der Waals surface area contributed by atoms with Gasteiger partial charge in [-0.3, -0.25) is 9.59 Å². The first-order chi connectivity index (χ1) is 19.7. The lowest BCUT2D eigenvalue weighted by Gasteiger charge is -2.06. The van der Waals surface area contributed by atoms with Crippen LogP contribution in [-0.2, 0) is 30.6 Å². The van der Waals surface area contributed by atoms with Crippen molar-refractivity contribution in [2.24, 2.45) is 0 Å². The average Bonchev–Trinajstić information content (AvgIpc) is 3.44. The van der Waals surface area contributed by atoms with E-state index in [-0.39, 0.29) is 43.2 Å². The van der Waals surface area contributed by atoms with E-state index in [1.807, 2.05) is 13.8 Å². The molecule has 240 valence electrons. The number of aryl methyl sites for hydroxylation is 1. The van der Waals surface area contributed by atoms with Crippen LogP contribution >= 0.6 is 0 Å². The second-order valence-electron chi connectivity index (χ2n) is 10.9. The summed E-state index contributed by atoms with van der Waals surface area (Å²) in [5.41, 5.74) is 0. The van der Waals surface area contributed by atoms with Gasteiger partial charge in [-0.1, -0.05) is 96.1 Å². The maximum absolute atomic E-state index is 12.1. The highest BCUT2D eigenvalue weighted by atomic mass is 32.2. The van der Waals surface area contributed by atoms with E-state index in [9.17, 15) is 22.8 Å². The third kappa shape index (κ3) is 27.8. The van der Waals surface area contributed by atoms with E-state index < -0.39 is 9.84 Å². The monoisotopic (exact) mass is 601 g/mol. The van der Waals surface area contributed by atoms with E-state index in [0.717, 1.165) is 50.8 Å². The fraction of sp³-hybridized carbons (Fsp3) is 0.867. The van der Waals surface area contributed by atoms with E-state index in [4.69, 9.17) is 0 Å². The highest BCUT2D eigenvalue weighted by Crippen LogP contribution is 2.14. The van der Waals surface area contributed by atoms with E-state index in [2.05, 4.69) is 25.9 Å². The number of nitrogens with one attached hydrogen (secondary N) is 2. The minimum absolute atomic E-state index is 0. The standard InChI is InChI=1S/C26H49N5O4S.C4H8O.H2/c1-2-3-21-27-26(33)20-17-22-36(34,35)23-24(32)18-15-13-11-9-7-5-4-6-8-10-12-14-16-19-25-28-30-31-29-25;1-3-4(2)5;/h2-23H2,1H3,(H,27,33)(H,28,29,30,31);3H2,1-2H3;1H. The molecule has 0 bridgehead atoms. The van der Waals surface area contributed by atoms with Crippen LogP contribution in [0.5, 0.6) is 0 Å². The molecule has 2 N–H and O–H groups in total. The molecule has 1 rings (SSSR count). The van der Waals surface area contributed by atoms with Crippen LogP contribution < -0.4 is 5.32 Å². The van der Waals surface area contributed by atoms with Crippen LogP contribution in [0.15, 0.2) is 0 Å². The van der Waals surface area contributed by atoms with E-state index >= 15 is 0 Å². The van der Waals surface area contributed by atoms with Crippen LogP contribution in [0.3, 0.4) is 0 Å². The quantitative estimate of drug-likeness (QED) is 0.121. The molecule has 0 spiro atoms. The van der Waals surface area contributed by atoms with E-state index in [1.54, 1.807) is 6.92 Å². The molecule has 0 aliphatic heterocycles. The molecular weight excluding hydrogens is 542 g/mol. The molecule has 0 aliphatic carbocycles. The summed E-state index contributed by atoms with van der Waals surface area (Å²) in [6.07, 6.45) is 19.7. The summed E-state index contributed by atoms with van der Waals surface area (Å²) >= 11 is 0. The van der Waals surface area contributed by atoms with Crippen LogP contribution in [0.25, 0.3) is 0 Å². The SMILES string of the molecule is CCC(C)=O.CCCCNC(=O)CCCS(=O)(=O)CC(=O)CCCCCCCCCCCCCCCc1nn[nH]n1.[HH]. The molecule has 0 fully saturated rings. The highest BCUT2D eigenvalue weighted by Gasteiger charge is 2.16. The maximum atomic E-state index is 12.1. The summed E-state index contributed by atoms with van der Waals surface area (Å²) in [7, 11) is -3.42. The van der Waals surface area contributed by atoms with Gasteiger partial charge in [-0.25, -0.2) is 8.42 Å². The zero-order valence-electron chi connectivity index (χ0n) is 26.1. The molecule has 10 nitrogen and oxygen atoms in total. The van der Waals surface area contributed by atoms with Crippen LogP contribution in [0.1, 0.15) is 150 Å². The third-order valence-electron chi connectivity index (χ3n) is 6.84. The van der Waals surface area contributed by atoms with Gasteiger partial charge >= 0.3 is 0 Å². The predicted octanol–water partition coefficient (Wildman–Crippen LogP) is 6.12. The van der Waals surface area contributed by atoms with Gasteiger partial charge in [0.2, 0.25) is 5.91 Å². The number of amides is 1. The van der Waals surface area contributed by atoms with Gasteiger partial charge in [0, 0.05) is 33.7 Å². The maximum Gasteiger partial charge on any atom is 0.220 e. The van der Waals surface area contributed by atoms with Gasteiger partial charge in [-0.15, -0.1) is 10.2 Å². The number of H-pyrrole nitrogens is 1. The molecule has 0 saturated carbocycles. The second kappa shape index (κ2) is 26.7. The van der Waals surface area contributed by atoms with E-state index in [1.165, 1.54) is 57.8 Å². The molecule has 0 radical (unpaired) electrons. The Morgan fingerprint density at radius 3 is 1.80 bits per heavy atom. The van der Waals surface area contributed by atoms with Gasteiger partial charge in [0.15, 0.2) is 15.7 Å². The minimum atomic E-state index is -3.42. The number of carbonyl (C=O) groups excluding carboxylic acids is 3. The molecule has 0 atom stereocenters. The molecular formula is C30H59N5O5S.